The Morgan fingerprint density at radius 1 is 0.940 bits per heavy atom. The smallest absolute Gasteiger partial charge is 0.407 e. The lowest BCUT2D eigenvalue weighted by Gasteiger charge is -2.36. The van der Waals surface area contributed by atoms with E-state index in [-0.39, 0.29) is 66.6 Å². The summed E-state index contributed by atoms with van der Waals surface area (Å²) in [5, 5.41) is 14.4. The van der Waals surface area contributed by atoms with E-state index in [0.29, 0.717) is 49.8 Å². The normalized spacial score (nSPS) is 19.4. The van der Waals surface area contributed by atoms with Gasteiger partial charge in [-0.05, 0) is 84.0 Å². The molecule has 0 saturated carbocycles. The van der Waals surface area contributed by atoms with Crippen molar-refractivity contribution in [2.24, 2.45) is 11.8 Å². The predicted octanol–water partition coefficient (Wildman–Crippen LogP) is 8.83. The second kappa shape index (κ2) is 19.9. The van der Waals surface area contributed by atoms with Gasteiger partial charge in [0.15, 0.2) is 0 Å². The lowest BCUT2D eigenvalue weighted by Crippen LogP contribution is -2.53. The maximum absolute atomic E-state index is 14.3. The molecule has 354 valence electrons. The van der Waals surface area contributed by atoms with E-state index in [1.165, 1.54) is 14.2 Å². The van der Waals surface area contributed by atoms with Crippen LogP contribution in [-0.2, 0) is 25.7 Å². The fraction of sp³-hybridized carbons (Fsp3) is 0.388. The lowest BCUT2D eigenvalue weighted by molar-refractivity contribution is -0.140. The molecule has 5 heterocycles. The number of nitrogens with one attached hydrogen (secondary N) is 3. The van der Waals surface area contributed by atoms with Crippen molar-refractivity contribution in [3.05, 3.63) is 102 Å². The van der Waals surface area contributed by atoms with Gasteiger partial charge in [-0.1, -0.05) is 62.4 Å². The number of H-pyrrole nitrogens is 2. The minimum Gasteiger partial charge on any atom is -0.488 e. The Bertz CT molecular complexity index is 2800. The number of fused-ring (bicyclic) bond motifs is 6. The molecule has 0 radical (unpaired) electrons. The van der Waals surface area contributed by atoms with E-state index in [4.69, 9.17) is 24.2 Å². The van der Waals surface area contributed by atoms with Gasteiger partial charge in [-0.3, -0.25) is 14.5 Å². The first-order valence-corrected chi connectivity index (χ1v) is 22.1. The Morgan fingerprint density at radius 2 is 1.72 bits per heavy atom. The number of nitrogens with zero attached hydrogens (tertiary/aromatic N) is 5. The first-order chi connectivity index (χ1) is 31.3. The van der Waals surface area contributed by atoms with Crippen molar-refractivity contribution in [2.45, 2.75) is 76.8 Å². The summed E-state index contributed by atoms with van der Waals surface area (Å²) < 4.78 is 16.9. The summed E-state index contributed by atoms with van der Waals surface area (Å²) >= 11 is 0. The number of amides is 4. The van der Waals surface area contributed by atoms with Gasteiger partial charge in [-0.2, -0.15) is 0 Å². The summed E-state index contributed by atoms with van der Waals surface area (Å²) in [5.41, 5.74) is 7.02. The average molecular weight is 956 g/mol. The van der Waals surface area contributed by atoms with Crippen molar-refractivity contribution in [3.63, 3.8) is 0 Å². The highest BCUT2D eigenvalue weighted by molar-refractivity contribution is 6.07. The van der Waals surface area contributed by atoms with Crippen LogP contribution in [0.1, 0.15) is 80.9 Å². The number of ether oxygens (including phenoxy) is 3. The summed E-state index contributed by atoms with van der Waals surface area (Å²) in [5.74, 6) is 1.44. The number of halogens is 2. The van der Waals surface area contributed by atoms with E-state index in [9.17, 15) is 24.3 Å². The van der Waals surface area contributed by atoms with Crippen molar-refractivity contribution in [1.29, 1.82) is 0 Å². The number of methoxy groups -OCH3 is 2. The largest absolute Gasteiger partial charge is 0.488 e. The van der Waals surface area contributed by atoms with Crippen LogP contribution in [0.15, 0.2) is 79.0 Å². The number of likely N-dealkylation sites (tertiary alicyclic amines) is 2. The molecule has 0 bridgehead atoms. The molecule has 6 atom stereocenters. The van der Waals surface area contributed by atoms with Crippen LogP contribution in [0.5, 0.6) is 5.75 Å². The van der Waals surface area contributed by atoms with E-state index in [1.54, 1.807) is 18.2 Å². The minimum absolute atomic E-state index is 0. The maximum Gasteiger partial charge on any atom is 0.407 e. The number of aromatic amines is 2. The Morgan fingerprint density at radius 3 is 2.43 bits per heavy atom. The molecule has 18 heteroatoms. The molecule has 4 N–H and O–H groups in total. The third kappa shape index (κ3) is 9.09. The highest BCUT2D eigenvalue weighted by Crippen LogP contribution is 2.44. The van der Waals surface area contributed by atoms with E-state index in [2.05, 4.69) is 45.6 Å². The quantitative estimate of drug-likeness (QED) is 0.0975. The SMILES string of the molecule is COC[C@H]1C[C@@H](c2ncc(-c3ccc4c(c3)COc3cc5c(ccc6[nH]c([C@@H]7CC[C@H](C)N7C(=O)[C@H](C(C)C)N(C)C(=O)O)nc65)cc3-4)[nH]2)N(C(=O)[C@H](NC(=O)OC)c2ccccc2)C1.Cl.Cl. The minimum atomic E-state index is -1.14. The standard InChI is InChI=1S/C49H54N8O8.2ClH/c1-26(2)43(55(4)49(61)62)47(59)57-27(3)12-17-38(57)45-51-36-16-14-30-20-35-33-15-13-31(19-32(33)25-65-40(35)21-34(30)42(36)53-45)37-22-50-44(52-37)39-18-28(24-63-5)23-56(39)46(58)41(54-48(60)64-6)29-10-8-7-9-11-29;;/h7-11,13-16,19-22,26-28,38-39,41,43H,12,17-18,23-25H2,1-6H3,(H,50,52)(H,51,53)(H,54,60)(H,61,62);2*1H/t27-,28-,38-,39-,41+,43-;;/m0../s1. The van der Waals surface area contributed by atoms with Crippen LogP contribution in [0, 0.1) is 11.8 Å². The number of hydrogen-bond donors (Lipinski definition) is 4. The molecule has 3 aliphatic rings. The van der Waals surface area contributed by atoms with Crippen molar-refractivity contribution in [3.8, 4) is 28.1 Å². The summed E-state index contributed by atoms with van der Waals surface area (Å²) in [6, 6.07) is 21.1. The van der Waals surface area contributed by atoms with Gasteiger partial charge in [0.25, 0.3) is 5.91 Å². The van der Waals surface area contributed by atoms with Crippen LogP contribution < -0.4 is 10.1 Å². The molecular weight excluding hydrogens is 899 g/mol. The first-order valence-electron chi connectivity index (χ1n) is 22.1. The van der Waals surface area contributed by atoms with Gasteiger partial charge >= 0.3 is 12.2 Å². The number of alkyl carbamates (subject to hydrolysis) is 1. The summed E-state index contributed by atoms with van der Waals surface area (Å²) in [6.45, 7) is 7.00. The monoisotopic (exact) mass is 954 g/mol. The fourth-order valence-electron chi connectivity index (χ4n) is 10.1. The lowest BCUT2D eigenvalue weighted by atomic mass is 9.92. The number of carboxylic acid groups (broad SMARTS) is 1. The molecule has 2 saturated heterocycles. The third-order valence-electron chi connectivity index (χ3n) is 13.3. The highest BCUT2D eigenvalue weighted by atomic mass is 35.5. The van der Waals surface area contributed by atoms with Gasteiger partial charge in [-0.15, -0.1) is 24.8 Å². The second-order valence-electron chi connectivity index (χ2n) is 17.8. The second-order valence-corrected chi connectivity index (χ2v) is 17.8. The predicted molar refractivity (Wildman–Crippen MR) is 257 cm³/mol. The van der Waals surface area contributed by atoms with E-state index >= 15 is 0 Å². The average Bonchev–Trinajstić information content (AvgIpc) is 4.13. The number of benzene rings is 4. The molecule has 0 aliphatic carbocycles. The van der Waals surface area contributed by atoms with Gasteiger partial charge in [0.2, 0.25) is 5.91 Å². The molecule has 9 rings (SSSR count). The van der Waals surface area contributed by atoms with Crippen LogP contribution in [-0.4, -0.2) is 110 Å². The zero-order chi connectivity index (χ0) is 45.7. The zero-order valence-electron chi connectivity index (χ0n) is 38.1. The molecule has 4 aromatic carbocycles. The van der Waals surface area contributed by atoms with Gasteiger partial charge in [0, 0.05) is 43.6 Å². The van der Waals surface area contributed by atoms with E-state index in [1.807, 2.05) is 68.1 Å². The van der Waals surface area contributed by atoms with Crippen LogP contribution >= 0.6 is 24.8 Å². The maximum atomic E-state index is 14.3. The molecule has 2 fully saturated rings. The van der Waals surface area contributed by atoms with Crippen molar-refractivity contribution < 1.29 is 38.5 Å². The summed E-state index contributed by atoms with van der Waals surface area (Å²) in [4.78, 5) is 74.4. The zero-order valence-corrected chi connectivity index (χ0v) is 39.8. The number of likely N-dealkylation sites (N-methyl/N-ethyl adjacent to an activating group) is 1. The topological polar surface area (TPSA) is 195 Å². The van der Waals surface area contributed by atoms with Gasteiger partial charge < -0.3 is 44.4 Å². The fourth-order valence-corrected chi connectivity index (χ4v) is 10.1. The molecule has 3 aliphatic heterocycles. The molecule has 0 unspecified atom stereocenters. The molecule has 6 aromatic rings. The van der Waals surface area contributed by atoms with E-state index < -0.39 is 24.3 Å². The number of aromatic nitrogens is 4. The van der Waals surface area contributed by atoms with Crippen LogP contribution in [0.4, 0.5) is 9.59 Å². The third-order valence-corrected chi connectivity index (χ3v) is 13.3. The van der Waals surface area contributed by atoms with Crippen LogP contribution in [0.3, 0.4) is 0 Å². The van der Waals surface area contributed by atoms with Crippen LogP contribution in [0.25, 0.3) is 44.2 Å². The van der Waals surface area contributed by atoms with Crippen molar-refractivity contribution in [1.82, 2.24) is 40.0 Å². The Balaban J connectivity index is 0.00000333. The summed E-state index contributed by atoms with van der Waals surface area (Å²) in [7, 11) is 4.38. The van der Waals surface area contributed by atoms with Crippen molar-refractivity contribution in [2.75, 3.05) is 34.4 Å². The number of hydrogen-bond acceptors (Lipinski definition) is 9. The molecule has 2 aromatic heterocycles. The number of rotatable bonds is 11. The molecule has 4 amide bonds. The van der Waals surface area contributed by atoms with Gasteiger partial charge in [0.05, 0.1) is 48.7 Å². The van der Waals surface area contributed by atoms with Crippen molar-refractivity contribution >= 4 is 70.6 Å². The number of carbonyl (C=O) groups excluding carboxylic acids is 3. The van der Waals surface area contributed by atoms with Gasteiger partial charge in [0.1, 0.15) is 36.1 Å². The Labute approximate surface area is 400 Å². The van der Waals surface area contributed by atoms with Crippen LogP contribution in [0.2, 0.25) is 0 Å². The Hall–Kier alpha value is -6.36. The van der Waals surface area contributed by atoms with Gasteiger partial charge in [-0.25, -0.2) is 19.6 Å². The molecule has 0 spiro atoms. The number of carbonyl (C=O) groups is 4. The highest BCUT2D eigenvalue weighted by Gasteiger charge is 2.44. The van der Waals surface area contributed by atoms with E-state index in [0.717, 1.165) is 66.8 Å². The first kappa shape index (κ1) is 48.6. The molecule has 67 heavy (non-hydrogen) atoms. The summed E-state index contributed by atoms with van der Waals surface area (Å²) in [6.07, 6.45) is 2.07. The molecular formula is C49H56Cl2N8O8. The Kier molecular flexibility index (Phi) is 14.4. The molecule has 16 nitrogen and oxygen atoms in total. The number of imidazole rings is 2.